The quantitative estimate of drug-likeness (QED) is 0.201. The van der Waals surface area contributed by atoms with Crippen LogP contribution in [0.5, 0.6) is 11.5 Å². The van der Waals surface area contributed by atoms with Crippen molar-refractivity contribution < 1.29 is 4.74 Å². The second kappa shape index (κ2) is 8.30. The Kier molecular flexibility index (Phi) is 4.39. The highest BCUT2D eigenvalue weighted by Crippen LogP contribution is 2.38. The number of imidazole rings is 2. The van der Waals surface area contributed by atoms with Gasteiger partial charge in [-0.3, -0.25) is 8.80 Å². The van der Waals surface area contributed by atoms with Gasteiger partial charge in [0.05, 0.1) is 33.1 Å². The normalized spacial score (nSPS) is 12.2. The highest BCUT2D eigenvalue weighted by molar-refractivity contribution is 6.15. The maximum atomic E-state index is 6.59. The molecule has 0 fully saturated rings. The zero-order valence-corrected chi connectivity index (χ0v) is 22.9. The van der Waals surface area contributed by atoms with E-state index in [-0.39, 0.29) is 0 Å². The van der Waals surface area contributed by atoms with Gasteiger partial charge in [0, 0.05) is 21.5 Å². The van der Waals surface area contributed by atoms with Gasteiger partial charge in [-0.15, -0.1) is 0 Å². The number of aromatic nitrogens is 4. The monoisotopic (exact) mass is 550 g/mol. The van der Waals surface area contributed by atoms with E-state index in [1.54, 1.807) is 0 Å². The first-order valence-electron chi connectivity index (χ1n) is 14.4. The molecule has 5 nitrogen and oxygen atoms in total. The molecule has 4 aromatic heterocycles. The van der Waals surface area contributed by atoms with Gasteiger partial charge in [-0.1, -0.05) is 60.7 Å². The lowest BCUT2D eigenvalue weighted by Gasteiger charge is -2.13. The summed E-state index contributed by atoms with van der Waals surface area (Å²) in [5.41, 5.74) is 8.29. The molecule has 0 saturated carbocycles. The van der Waals surface area contributed by atoms with Crippen LogP contribution in [0.25, 0.3) is 76.7 Å². The second-order valence-corrected chi connectivity index (χ2v) is 11.1. The van der Waals surface area contributed by atoms with E-state index >= 15 is 0 Å². The third-order valence-corrected chi connectivity index (χ3v) is 8.69. The number of ether oxygens (including phenoxy) is 1. The average molecular weight is 551 g/mol. The minimum atomic E-state index is 0.765. The molecule has 0 spiro atoms. The number of nitrogens with zero attached hydrogens (tertiary/aromatic N) is 4. The molecule has 6 aromatic carbocycles. The first-order valence-corrected chi connectivity index (χ1v) is 14.4. The smallest absolute Gasteiger partial charge is 0.146 e. The number of rotatable bonds is 2. The first-order chi connectivity index (χ1) is 21.3. The van der Waals surface area contributed by atoms with Crippen molar-refractivity contribution in [1.29, 1.82) is 0 Å². The lowest BCUT2D eigenvalue weighted by molar-refractivity contribution is 0.484. The van der Waals surface area contributed by atoms with Crippen LogP contribution in [-0.2, 0) is 0 Å². The fourth-order valence-corrected chi connectivity index (χ4v) is 6.84. The van der Waals surface area contributed by atoms with Gasteiger partial charge in [0.1, 0.15) is 22.8 Å². The molecule has 0 aliphatic carbocycles. The van der Waals surface area contributed by atoms with Crippen molar-refractivity contribution in [2.24, 2.45) is 0 Å². The molecule has 43 heavy (non-hydrogen) atoms. The van der Waals surface area contributed by atoms with Gasteiger partial charge in [0.15, 0.2) is 0 Å². The molecule has 10 aromatic rings. The van der Waals surface area contributed by atoms with Crippen molar-refractivity contribution in [2.45, 2.75) is 0 Å². The molecule has 4 heterocycles. The number of para-hydroxylation sites is 6. The summed E-state index contributed by atoms with van der Waals surface area (Å²) in [6, 6.07) is 46.3. The molecule has 0 aliphatic rings. The van der Waals surface area contributed by atoms with E-state index in [1.165, 1.54) is 10.8 Å². The minimum absolute atomic E-state index is 0.765. The SMILES string of the molecule is c1ccc2c(c1)nc1c3cc(Oc4ccc5c6ccccc6n6c7ccccc7nc6c5c4)ccc3c3ccccc3n21. The number of fused-ring (bicyclic) bond motifs is 16. The zero-order valence-electron chi connectivity index (χ0n) is 22.9. The second-order valence-electron chi connectivity index (χ2n) is 11.1. The Morgan fingerprint density at radius 1 is 0.372 bits per heavy atom. The van der Waals surface area contributed by atoms with Crippen LogP contribution in [0, 0.1) is 0 Å². The fourth-order valence-electron chi connectivity index (χ4n) is 6.84. The fraction of sp³-hybridized carbons (Fsp3) is 0. The number of pyridine rings is 2. The Balaban J connectivity index is 1.20. The van der Waals surface area contributed by atoms with Crippen LogP contribution in [0.2, 0.25) is 0 Å². The molecule has 0 amide bonds. The third-order valence-electron chi connectivity index (χ3n) is 8.69. The van der Waals surface area contributed by atoms with Gasteiger partial charge in [-0.05, 0) is 83.6 Å². The average Bonchev–Trinajstić information content (AvgIpc) is 3.65. The Bertz CT molecular complexity index is 2580. The molecule has 0 unspecified atom stereocenters. The maximum Gasteiger partial charge on any atom is 0.146 e. The molecule has 0 radical (unpaired) electrons. The Morgan fingerprint density at radius 2 is 0.791 bits per heavy atom. The van der Waals surface area contributed by atoms with Gasteiger partial charge >= 0.3 is 0 Å². The topological polar surface area (TPSA) is 43.8 Å². The number of hydrogen-bond donors (Lipinski definition) is 0. The van der Waals surface area contributed by atoms with Crippen LogP contribution in [0.3, 0.4) is 0 Å². The van der Waals surface area contributed by atoms with E-state index in [0.717, 1.165) is 77.4 Å². The summed E-state index contributed by atoms with van der Waals surface area (Å²) in [7, 11) is 0. The van der Waals surface area contributed by atoms with Gasteiger partial charge in [-0.25, -0.2) is 9.97 Å². The Labute approximate surface area is 244 Å². The van der Waals surface area contributed by atoms with E-state index in [9.17, 15) is 0 Å². The minimum Gasteiger partial charge on any atom is -0.457 e. The van der Waals surface area contributed by atoms with Crippen LogP contribution in [0.1, 0.15) is 0 Å². The molecule has 0 atom stereocenters. The summed E-state index contributed by atoms with van der Waals surface area (Å²) in [6.45, 7) is 0. The summed E-state index contributed by atoms with van der Waals surface area (Å²) in [5.74, 6) is 1.53. The maximum absolute atomic E-state index is 6.59. The molecular weight excluding hydrogens is 528 g/mol. The molecule has 200 valence electrons. The number of benzene rings is 6. The van der Waals surface area contributed by atoms with Crippen LogP contribution in [0.15, 0.2) is 133 Å². The highest BCUT2D eigenvalue weighted by Gasteiger charge is 2.16. The van der Waals surface area contributed by atoms with E-state index in [1.807, 2.05) is 12.1 Å². The molecule has 10 rings (SSSR count). The largest absolute Gasteiger partial charge is 0.457 e. The summed E-state index contributed by atoms with van der Waals surface area (Å²) >= 11 is 0. The third kappa shape index (κ3) is 3.11. The summed E-state index contributed by atoms with van der Waals surface area (Å²) in [6.07, 6.45) is 0. The van der Waals surface area contributed by atoms with Gasteiger partial charge < -0.3 is 4.74 Å². The molecule has 5 heteroatoms. The molecule has 0 N–H and O–H groups in total. The molecule has 0 bridgehead atoms. The van der Waals surface area contributed by atoms with E-state index in [0.29, 0.717) is 0 Å². The van der Waals surface area contributed by atoms with Crippen LogP contribution in [0.4, 0.5) is 0 Å². The predicted octanol–water partition coefficient (Wildman–Crippen LogP) is 9.69. The molecule has 0 saturated heterocycles. The van der Waals surface area contributed by atoms with Crippen LogP contribution < -0.4 is 4.74 Å². The molecule has 0 aliphatic heterocycles. The van der Waals surface area contributed by atoms with E-state index < -0.39 is 0 Å². The predicted molar refractivity (Wildman–Crippen MR) is 175 cm³/mol. The molecular formula is C38H22N4O. The van der Waals surface area contributed by atoms with E-state index in [4.69, 9.17) is 14.7 Å². The van der Waals surface area contributed by atoms with E-state index in [2.05, 4.69) is 130 Å². The Hall–Kier alpha value is -5.94. The lowest BCUT2D eigenvalue weighted by Crippen LogP contribution is -1.93. The zero-order chi connectivity index (χ0) is 28.1. The highest BCUT2D eigenvalue weighted by atomic mass is 16.5. The number of hydrogen-bond acceptors (Lipinski definition) is 3. The van der Waals surface area contributed by atoms with Crippen molar-refractivity contribution in [2.75, 3.05) is 0 Å². The van der Waals surface area contributed by atoms with Crippen LogP contribution in [-0.4, -0.2) is 18.8 Å². The van der Waals surface area contributed by atoms with Gasteiger partial charge in [0.2, 0.25) is 0 Å². The van der Waals surface area contributed by atoms with Gasteiger partial charge in [0.25, 0.3) is 0 Å². The Morgan fingerprint density at radius 3 is 1.28 bits per heavy atom. The van der Waals surface area contributed by atoms with Crippen molar-refractivity contribution >= 4 is 76.7 Å². The summed E-state index contributed by atoms with van der Waals surface area (Å²) in [5, 5.41) is 6.79. The summed E-state index contributed by atoms with van der Waals surface area (Å²) in [4.78, 5) is 10.1. The van der Waals surface area contributed by atoms with Crippen molar-refractivity contribution in [1.82, 2.24) is 18.8 Å². The summed E-state index contributed by atoms with van der Waals surface area (Å²) < 4.78 is 11.1. The van der Waals surface area contributed by atoms with Crippen molar-refractivity contribution in [3.63, 3.8) is 0 Å². The lowest BCUT2D eigenvalue weighted by atomic mass is 10.0. The van der Waals surface area contributed by atoms with Gasteiger partial charge in [-0.2, -0.15) is 0 Å². The first kappa shape index (κ1) is 22.7. The van der Waals surface area contributed by atoms with Crippen molar-refractivity contribution in [3.8, 4) is 11.5 Å². The van der Waals surface area contributed by atoms with Crippen LogP contribution >= 0.6 is 0 Å². The standard InChI is InChI=1S/C38H22N4O/c1-5-13-33-27(9-1)25-19-17-23(21-29(25)37-39-31-11-3-7-15-35(31)41(33)37)43-24-18-20-26-28-10-2-6-14-34(28)42-36-16-8-4-12-32(36)40-38(42)30(26)22-24/h1-22H. The van der Waals surface area contributed by atoms with Crippen molar-refractivity contribution in [3.05, 3.63) is 133 Å².